The monoisotopic (exact) mass is 360 g/mol. The number of hydrogen-bond donors (Lipinski definition) is 2. The minimum atomic E-state index is 0.189. The number of rotatable bonds is 4. The Labute approximate surface area is 161 Å². The molecule has 27 heavy (non-hydrogen) atoms. The number of benzene rings is 2. The van der Waals surface area contributed by atoms with Crippen LogP contribution in [0.4, 0.5) is 0 Å². The van der Waals surface area contributed by atoms with Crippen molar-refractivity contribution in [1.29, 1.82) is 0 Å². The van der Waals surface area contributed by atoms with Gasteiger partial charge in [0.1, 0.15) is 12.4 Å². The molecule has 1 aliphatic heterocycles. The van der Waals surface area contributed by atoms with E-state index >= 15 is 0 Å². The van der Waals surface area contributed by atoms with Crippen molar-refractivity contribution in [3.63, 3.8) is 0 Å². The maximum absolute atomic E-state index is 5.63. The number of nitrogens with one attached hydrogen (secondary N) is 2. The van der Waals surface area contributed by atoms with Crippen LogP contribution in [0.3, 0.4) is 0 Å². The number of aromatic nitrogens is 1. The predicted octanol–water partition coefficient (Wildman–Crippen LogP) is 5.20. The summed E-state index contributed by atoms with van der Waals surface area (Å²) in [5.41, 5.74) is 11.0. The van der Waals surface area contributed by atoms with Crippen molar-refractivity contribution >= 4 is 10.9 Å². The summed E-state index contributed by atoms with van der Waals surface area (Å²) in [6.45, 7) is 14.2. The van der Waals surface area contributed by atoms with Gasteiger partial charge in [-0.05, 0) is 79.6 Å². The van der Waals surface area contributed by atoms with E-state index in [2.05, 4.69) is 56.7 Å². The van der Waals surface area contributed by atoms with Crippen LogP contribution in [0.5, 0.6) is 5.75 Å². The first-order valence-electron chi connectivity index (χ1n) is 9.70. The van der Waals surface area contributed by atoms with E-state index in [1.807, 2.05) is 12.1 Å². The zero-order valence-corrected chi connectivity index (χ0v) is 16.7. The van der Waals surface area contributed by atoms with E-state index in [9.17, 15) is 0 Å². The molecule has 2 heterocycles. The summed E-state index contributed by atoms with van der Waals surface area (Å²) in [5.74, 6) is 0.879. The maximum atomic E-state index is 5.63. The lowest BCUT2D eigenvalue weighted by molar-refractivity contribution is 0.363. The van der Waals surface area contributed by atoms with Gasteiger partial charge in [0, 0.05) is 23.1 Å². The molecule has 1 unspecified atom stereocenters. The first kappa shape index (κ1) is 17.9. The van der Waals surface area contributed by atoms with Gasteiger partial charge in [-0.3, -0.25) is 0 Å². The van der Waals surface area contributed by atoms with Crippen molar-refractivity contribution in [1.82, 2.24) is 10.3 Å². The molecule has 1 aromatic heterocycles. The van der Waals surface area contributed by atoms with Crippen molar-refractivity contribution in [3.8, 4) is 5.75 Å². The smallest absolute Gasteiger partial charge is 0.119 e. The summed E-state index contributed by atoms with van der Waals surface area (Å²) in [7, 11) is 0. The van der Waals surface area contributed by atoms with E-state index in [1.54, 1.807) is 6.08 Å². The lowest BCUT2D eigenvalue weighted by Crippen LogP contribution is -2.30. The van der Waals surface area contributed by atoms with Gasteiger partial charge in [-0.1, -0.05) is 24.8 Å². The van der Waals surface area contributed by atoms with E-state index in [0.29, 0.717) is 6.61 Å². The van der Waals surface area contributed by atoms with Crippen LogP contribution in [0.1, 0.15) is 45.1 Å². The molecule has 0 radical (unpaired) electrons. The van der Waals surface area contributed by atoms with Crippen LogP contribution in [-0.2, 0) is 6.42 Å². The number of ether oxygens (including phenoxy) is 1. The van der Waals surface area contributed by atoms with Crippen LogP contribution in [0.15, 0.2) is 36.9 Å². The molecule has 0 amide bonds. The van der Waals surface area contributed by atoms with E-state index < -0.39 is 0 Å². The third-order valence-corrected chi connectivity index (χ3v) is 6.17. The molecular formula is C24H28N2O. The molecule has 0 saturated heterocycles. The minimum Gasteiger partial charge on any atom is -0.490 e. The highest BCUT2D eigenvalue weighted by molar-refractivity contribution is 5.92. The summed E-state index contributed by atoms with van der Waals surface area (Å²) in [4.78, 5) is 3.78. The Morgan fingerprint density at radius 2 is 1.74 bits per heavy atom. The van der Waals surface area contributed by atoms with Gasteiger partial charge in [0.2, 0.25) is 0 Å². The van der Waals surface area contributed by atoms with Gasteiger partial charge in [-0.25, -0.2) is 0 Å². The Balaban J connectivity index is 1.81. The molecule has 4 rings (SSSR count). The third kappa shape index (κ3) is 2.87. The van der Waals surface area contributed by atoms with Gasteiger partial charge in [0.05, 0.1) is 6.04 Å². The molecule has 0 spiro atoms. The third-order valence-electron chi connectivity index (χ3n) is 6.17. The van der Waals surface area contributed by atoms with Gasteiger partial charge < -0.3 is 15.0 Å². The molecular weight excluding hydrogens is 332 g/mol. The van der Waals surface area contributed by atoms with Crippen LogP contribution < -0.4 is 10.1 Å². The van der Waals surface area contributed by atoms with Crippen LogP contribution in [0.25, 0.3) is 10.9 Å². The standard InChI is InChI=1S/C24H28N2O/c1-6-13-27-19-9-7-18(8-10-19)23-24-20(11-12-25-23)21-16(4)14(2)15(3)17(5)22(21)26-24/h6-10,23,25-26H,1,11-13H2,2-5H3. The van der Waals surface area contributed by atoms with Crippen LogP contribution in [0, 0.1) is 27.7 Å². The fourth-order valence-electron chi connectivity index (χ4n) is 4.34. The lowest BCUT2D eigenvalue weighted by atomic mass is 9.90. The van der Waals surface area contributed by atoms with E-state index in [-0.39, 0.29) is 6.04 Å². The highest BCUT2D eigenvalue weighted by Gasteiger charge is 2.27. The van der Waals surface area contributed by atoms with Crippen molar-refractivity contribution in [2.45, 2.75) is 40.2 Å². The van der Waals surface area contributed by atoms with Crippen molar-refractivity contribution in [2.75, 3.05) is 13.2 Å². The summed E-state index contributed by atoms with van der Waals surface area (Å²) in [6.07, 6.45) is 2.83. The number of aromatic amines is 1. The molecule has 1 atom stereocenters. The normalized spacial score (nSPS) is 16.4. The lowest BCUT2D eigenvalue weighted by Gasteiger charge is -2.25. The molecule has 3 heteroatoms. The van der Waals surface area contributed by atoms with Crippen LogP contribution >= 0.6 is 0 Å². The molecule has 0 bridgehead atoms. The second-order valence-corrected chi connectivity index (χ2v) is 7.57. The first-order valence-corrected chi connectivity index (χ1v) is 9.70. The highest BCUT2D eigenvalue weighted by Crippen LogP contribution is 2.38. The van der Waals surface area contributed by atoms with Gasteiger partial charge in [0.25, 0.3) is 0 Å². The molecule has 2 aromatic carbocycles. The fraction of sp³-hybridized carbons (Fsp3) is 0.333. The van der Waals surface area contributed by atoms with E-state index in [1.165, 1.54) is 50.0 Å². The summed E-state index contributed by atoms with van der Waals surface area (Å²) in [5, 5.41) is 5.13. The van der Waals surface area contributed by atoms with Crippen LogP contribution in [0.2, 0.25) is 0 Å². The van der Waals surface area contributed by atoms with Crippen molar-refractivity contribution < 1.29 is 4.74 Å². The summed E-state index contributed by atoms with van der Waals surface area (Å²) >= 11 is 0. The van der Waals surface area contributed by atoms with Gasteiger partial charge in [-0.15, -0.1) is 0 Å². The van der Waals surface area contributed by atoms with E-state index in [0.717, 1.165) is 18.7 Å². The summed E-state index contributed by atoms with van der Waals surface area (Å²) < 4.78 is 5.63. The molecule has 1 aliphatic rings. The largest absolute Gasteiger partial charge is 0.490 e. The van der Waals surface area contributed by atoms with E-state index in [4.69, 9.17) is 4.74 Å². The molecule has 3 aromatic rings. The molecule has 2 N–H and O–H groups in total. The Morgan fingerprint density at radius 1 is 1.04 bits per heavy atom. The molecule has 0 aliphatic carbocycles. The number of hydrogen-bond acceptors (Lipinski definition) is 2. The second kappa shape index (κ2) is 6.90. The maximum Gasteiger partial charge on any atom is 0.119 e. The SMILES string of the molecule is C=CCOc1ccc(C2NCCc3c2[nH]c2c(C)c(C)c(C)c(C)c32)cc1. The zero-order chi connectivity index (χ0) is 19.1. The first-order chi connectivity index (χ1) is 13.0. The van der Waals surface area contributed by atoms with Gasteiger partial charge in [0.15, 0.2) is 0 Å². The minimum absolute atomic E-state index is 0.189. The number of fused-ring (bicyclic) bond motifs is 3. The van der Waals surface area contributed by atoms with Crippen LogP contribution in [-0.4, -0.2) is 18.1 Å². The van der Waals surface area contributed by atoms with Crippen molar-refractivity contribution in [3.05, 3.63) is 76.0 Å². The fourth-order valence-corrected chi connectivity index (χ4v) is 4.34. The van der Waals surface area contributed by atoms with Gasteiger partial charge in [-0.2, -0.15) is 0 Å². The Bertz CT molecular complexity index is 1010. The van der Waals surface area contributed by atoms with Gasteiger partial charge >= 0.3 is 0 Å². The Hall–Kier alpha value is -2.52. The predicted molar refractivity (Wildman–Crippen MR) is 113 cm³/mol. The molecule has 0 fully saturated rings. The zero-order valence-electron chi connectivity index (χ0n) is 16.7. The second-order valence-electron chi connectivity index (χ2n) is 7.57. The average molecular weight is 361 g/mol. The number of aryl methyl sites for hydroxylation is 2. The molecule has 140 valence electrons. The Kier molecular flexibility index (Phi) is 4.56. The average Bonchev–Trinajstić information content (AvgIpc) is 3.09. The topological polar surface area (TPSA) is 37.0 Å². The summed E-state index contributed by atoms with van der Waals surface area (Å²) in [6, 6.07) is 8.60. The molecule has 0 saturated carbocycles. The molecule has 3 nitrogen and oxygen atoms in total. The highest BCUT2D eigenvalue weighted by atomic mass is 16.5. The van der Waals surface area contributed by atoms with Crippen molar-refractivity contribution in [2.24, 2.45) is 0 Å². The quantitative estimate of drug-likeness (QED) is 0.627. The Morgan fingerprint density at radius 3 is 2.44 bits per heavy atom. The number of H-pyrrole nitrogens is 1.